The van der Waals surface area contributed by atoms with Gasteiger partial charge in [0.2, 0.25) is 0 Å². The summed E-state index contributed by atoms with van der Waals surface area (Å²) in [6.07, 6.45) is 0.868. The summed E-state index contributed by atoms with van der Waals surface area (Å²) >= 11 is 0. The zero-order valence-electron chi connectivity index (χ0n) is 16.0. The molecule has 0 aromatic heterocycles. The second-order valence-electron chi connectivity index (χ2n) is 6.78. The normalized spacial score (nSPS) is 13.1. The van der Waals surface area contributed by atoms with E-state index in [1.165, 1.54) is 11.1 Å². The summed E-state index contributed by atoms with van der Waals surface area (Å²) in [6.45, 7) is 4.23. The van der Waals surface area contributed by atoms with E-state index in [2.05, 4.69) is 26.0 Å². The number of aryl methyl sites for hydroxylation is 1. The summed E-state index contributed by atoms with van der Waals surface area (Å²) in [4.78, 5) is 12.8. The van der Waals surface area contributed by atoms with Crippen LogP contribution in [0.1, 0.15) is 59.0 Å². The molecule has 3 aromatic rings. The van der Waals surface area contributed by atoms with Crippen LogP contribution in [0.15, 0.2) is 84.9 Å². The van der Waals surface area contributed by atoms with Crippen molar-refractivity contribution in [2.24, 2.45) is 0 Å². The van der Waals surface area contributed by atoms with E-state index in [4.69, 9.17) is 4.74 Å². The largest absolute Gasteiger partial charge is 0.365 e. The van der Waals surface area contributed by atoms with E-state index in [1.807, 2.05) is 72.8 Å². The Hall–Kier alpha value is -2.71. The summed E-state index contributed by atoms with van der Waals surface area (Å²) in [5.41, 5.74) is 4.17. The van der Waals surface area contributed by atoms with Crippen LogP contribution < -0.4 is 0 Å². The molecule has 2 nitrogen and oxygen atoms in total. The van der Waals surface area contributed by atoms with Gasteiger partial charge in [-0.3, -0.25) is 4.79 Å². The standard InChI is InChI=1S/C25H26O2/c1-3-24(22-17-11-10-12-19(22)2)27-25(21-15-8-5-9-16-21)18-23(26)20-13-6-4-7-14-20/h4-17,24-25H,3,18H2,1-2H3/t24-,25-/m1/s1. The van der Waals surface area contributed by atoms with E-state index in [9.17, 15) is 4.79 Å². The number of rotatable bonds is 8. The van der Waals surface area contributed by atoms with Crippen LogP contribution in [0.5, 0.6) is 0 Å². The van der Waals surface area contributed by atoms with Crippen LogP contribution in [0.3, 0.4) is 0 Å². The Labute approximate surface area is 161 Å². The molecule has 0 unspecified atom stereocenters. The molecule has 138 valence electrons. The van der Waals surface area contributed by atoms with Gasteiger partial charge in [-0.15, -0.1) is 0 Å². The molecule has 0 saturated heterocycles. The Morgan fingerprint density at radius 1 is 0.815 bits per heavy atom. The molecule has 0 aliphatic carbocycles. The highest BCUT2D eigenvalue weighted by Gasteiger charge is 2.23. The highest BCUT2D eigenvalue weighted by Crippen LogP contribution is 2.33. The average Bonchev–Trinajstić information content (AvgIpc) is 2.73. The fourth-order valence-corrected chi connectivity index (χ4v) is 3.36. The lowest BCUT2D eigenvalue weighted by molar-refractivity contribution is -0.0187. The van der Waals surface area contributed by atoms with Crippen molar-refractivity contribution in [2.75, 3.05) is 0 Å². The van der Waals surface area contributed by atoms with Gasteiger partial charge in [0, 0.05) is 12.0 Å². The van der Waals surface area contributed by atoms with Crippen molar-refractivity contribution in [3.8, 4) is 0 Å². The second-order valence-corrected chi connectivity index (χ2v) is 6.78. The van der Waals surface area contributed by atoms with Crippen LogP contribution >= 0.6 is 0 Å². The molecule has 3 rings (SSSR count). The first-order valence-corrected chi connectivity index (χ1v) is 9.53. The Balaban J connectivity index is 1.86. The van der Waals surface area contributed by atoms with Gasteiger partial charge in [0.25, 0.3) is 0 Å². The van der Waals surface area contributed by atoms with Crippen molar-refractivity contribution in [3.63, 3.8) is 0 Å². The Kier molecular flexibility index (Phi) is 6.56. The van der Waals surface area contributed by atoms with E-state index >= 15 is 0 Å². The zero-order valence-corrected chi connectivity index (χ0v) is 16.0. The Morgan fingerprint density at radius 3 is 2.04 bits per heavy atom. The summed E-state index contributed by atoms with van der Waals surface area (Å²) in [7, 11) is 0. The number of hydrogen-bond donors (Lipinski definition) is 0. The third-order valence-corrected chi connectivity index (χ3v) is 4.87. The molecule has 2 atom stereocenters. The molecule has 3 aromatic carbocycles. The molecule has 0 N–H and O–H groups in total. The topological polar surface area (TPSA) is 26.3 Å². The smallest absolute Gasteiger partial charge is 0.165 e. The molecule has 0 saturated carbocycles. The third-order valence-electron chi connectivity index (χ3n) is 4.87. The molecular formula is C25H26O2. The van der Waals surface area contributed by atoms with E-state index in [0.29, 0.717) is 6.42 Å². The molecule has 2 heteroatoms. The monoisotopic (exact) mass is 358 g/mol. The first-order chi connectivity index (χ1) is 13.2. The lowest BCUT2D eigenvalue weighted by atomic mass is 9.98. The van der Waals surface area contributed by atoms with Gasteiger partial charge < -0.3 is 4.74 Å². The molecule has 0 fully saturated rings. The van der Waals surface area contributed by atoms with Gasteiger partial charge in [0.1, 0.15) is 0 Å². The van der Waals surface area contributed by atoms with Crippen molar-refractivity contribution in [1.82, 2.24) is 0 Å². The number of carbonyl (C=O) groups excluding carboxylic acids is 1. The van der Waals surface area contributed by atoms with E-state index in [1.54, 1.807) is 0 Å². The van der Waals surface area contributed by atoms with Crippen molar-refractivity contribution < 1.29 is 9.53 Å². The first-order valence-electron chi connectivity index (χ1n) is 9.53. The van der Waals surface area contributed by atoms with E-state index < -0.39 is 0 Å². The number of carbonyl (C=O) groups is 1. The predicted octanol–water partition coefficient (Wildman–Crippen LogP) is 6.48. The zero-order chi connectivity index (χ0) is 19.1. The lowest BCUT2D eigenvalue weighted by Gasteiger charge is -2.26. The Bertz CT molecular complexity index is 856. The maximum atomic E-state index is 12.8. The van der Waals surface area contributed by atoms with Crippen LogP contribution in [-0.4, -0.2) is 5.78 Å². The van der Waals surface area contributed by atoms with Gasteiger partial charge in [-0.1, -0.05) is 91.9 Å². The number of ketones is 1. The van der Waals surface area contributed by atoms with Crippen LogP contribution in [0.2, 0.25) is 0 Å². The molecule has 27 heavy (non-hydrogen) atoms. The molecule has 0 bridgehead atoms. The van der Waals surface area contributed by atoms with Gasteiger partial charge in [-0.05, 0) is 30.0 Å². The quantitative estimate of drug-likeness (QED) is 0.431. The highest BCUT2D eigenvalue weighted by atomic mass is 16.5. The average molecular weight is 358 g/mol. The van der Waals surface area contributed by atoms with Crippen LogP contribution in [0.25, 0.3) is 0 Å². The van der Waals surface area contributed by atoms with Crippen molar-refractivity contribution in [3.05, 3.63) is 107 Å². The maximum Gasteiger partial charge on any atom is 0.165 e. The van der Waals surface area contributed by atoms with Gasteiger partial charge >= 0.3 is 0 Å². The van der Waals surface area contributed by atoms with Crippen LogP contribution in [0.4, 0.5) is 0 Å². The number of Topliss-reactive ketones (excluding diaryl/α,β-unsaturated/α-hetero) is 1. The maximum absolute atomic E-state index is 12.8. The molecular weight excluding hydrogens is 332 g/mol. The molecule has 0 aliphatic rings. The summed E-state index contributed by atoms with van der Waals surface area (Å²) in [5, 5.41) is 0. The van der Waals surface area contributed by atoms with Gasteiger partial charge in [0.15, 0.2) is 5.78 Å². The minimum absolute atomic E-state index is 0.0417. The molecule has 0 spiro atoms. The van der Waals surface area contributed by atoms with Crippen molar-refractivity contribution >= 4 is 5.78 Å². The minimum Gasteiger partial charge on any atom is -0.365 e. The summed E-state index contributed by atoms with van der Waals surface area (Å²) in [5.74, 6) is 0.101. The van der Waals surface area contributed by atoms with Crippen molar-refractivity contribution in [2.45, 2.75) is 38.9 Å². The van der Waals surface area contributed by atoms with Gasteiger partial charge in [-0.2, -0.15) is 0 Å². The van der Waals surface area contributed by atoms with Gasteiger partial charge in [-0.25, -0.2) is 0 Å². The lowest BCUT2D eigenvalue weighted by Crippen LogP contribution is -2.15. The third kappa shape index (κ3) is 4.93. The number of benzene rings is 3. The first kappa shape index (κ1) is 19.1. The number of ether oxygens (including phenoxy) is 1. The van der Waals surface area contributed by atoms with Crippen LogP contribution in [-0.2, 0) is 4.74 Å². The van der Waals surface area contributed by atoms with Gasteiger partial charge in [0.05, 0.1) is 12.2 Å². The Morgan fingerprint density at radius 2 is 1.41 bits per heavy atom. The number of hydrogen-bond acceptors (Lipinski definition) is 2. The summed E-state index contributed by atoms with van der Waals surface area (Å²) < 4.78 is 6.52. The summed E-state index contributed by atoms with van der Waals surface area (Å²) in [6, 6.07) is 27.8. The highest BCUT2D eigenvalue weighted by molar-refractivity contribution is 5.96. The second kappa shape index (κ2) is 9.29. The fraction of sp³-hybridized carbons (Fsp3) is 0.240. The van der Waals surface area contributed by atoms with E-state index in [-0.39, 0.29) is 18.0 Å². The molecule has 0 aliphatic heterocycles. The minimum atomic E-state index is -0.275. The predicted molar refractivity (Wildman–Crippen MR) is 110 cm³/mol. The molecule has 0 radical (unpaired) electrons. The SMILES string of the molecule is CC[C@@H](O[C@H](CC(=O)c1ccccc1)c1ccccc1)c1ccccc1C. The fourth-order valence-electron chi connectivity index (χ4n) is 3.36. The van der Waals surface area contributed by atoms with E-state index in [0.717, 1.165) is 17.5 Å². The van der Waals surface area contributed by atoms with Crippen molar-refractivity contribution in [1.29, 1.82) is 0 Å². The molecule has 0 amide bonds. The van der Waals surface area contributed by atoms with Crippen LogP contribution in [0, 0.1) is 6.92 Å². The molecule has 0 heterocycles.